The van der Waals surface area contributed by atoms with Crippen LogP contribution in [-0.4, -0.2) is 30.5 Å². The molecule has 0 aliphatic heterocycles. The topological polar surface area (TPSA) is 76.0 Å². The molecule has 0 fully saturated rings. The van der Waals surface area contributed by atoms with Gasteiger partial charge in [0, 0.05) is 5.56 Å². The van der Waals surface area contributed by atoms with Gasteiger partial charge in [0.05, 0.1) is 12.4 Å². The highest BCUT2D eigenvalue weighted by Gasteiger charge is 2.19. The van der Waals surface area contributed by atoms with Crippen molar-refractivity contribution in [1.82, 2.24) is 5.01 Å². The Hall–Kier alpha value is -2.24. The lowest BCUT2D eigenvalue weighted by Gasteiger charge is -2.11. The van der Waals surface area contributed by atoms with E-state index >= 15 is 0 Å². The molecule has 6 heteroatoms. The molecule has 0 unspecified atom stereocenters. The van der Waals surface area contributed by atoms with Gasteiger partial charge in [0.1, 0.15) is 6.54 Å². The first-order valence-electron chi connectivity index (χ1n) is 4.46. The molecule has 0 heterocycles. The van der Waals surface area contributed by atoms with Crippen molar-refractivity contribution in [3.63, 3.8) is 0 Å². The van der Waals surface area contributed by atoms with Gasteiger partial charge in [-0.3, -0.25) is 9.59 Å². The second-order valence-electron chi connectivity index (χ2n) is 2.89. The van der Waals surface area contributed by atoms with Crippen LogP contribution >= 0.6 is 0 Å². The number of methoxy groups -OCH3 is 1. The van der Waals surface area contributed by atoms with E-state index in [0.29, 0.717) is 5.01 Å². The van der Waals surface area contributed by atoms with E-state index in [1.165, 1.54) is 12.1 Å². The Balaban J connectivity index is 2.78. The van der Waals surface area contributed by atoms with E-state index in [0.717, 1.165) is 7.11 Å². The van der Waals surface area contributed by atoms with E-state index in [2.05, 4.69) is 10.0 Å². The number of amides is 1. The smallest absolute Gasteiger partial charge is 0.327 e. The molecular weight excluding hydrogens is 212 g/mol. The Morgan fingerprint density at radius 1 is 1.31 bits per heavy atom. The lowest BCUT2D eigenvalue weighted by molar-refractivity contribution is -0.141. The third-order valence-corrected chi connectivity index (χ3v) is 1.86. The van der Waals surface area contributed by atoms with E-state index in [-0.39, 0.29) is 5.56 Å². The number of esters is 1. The van der Waals surface area contributed by atoms with E-state index in [9.17, 15) is 14.5 Å². The Bertz CT molecular complexity index is 391. The number of hydrogen-bond donors (Lipinski definition) is 0. The highest BCUT2D eigenvalue weighted by molar-refractivity contribution is 5.95. The maximum atomic E-state index is 11.7. The SMILES string of the molecule is COC(=O)CN(N=O)C(=O)c1ccccc1. The summed E-state index contributed by atoms with van der Waals surface area (Å²) in [5.41, 5.74) is 0.283. The van der Waals surface area contributed by atoms with Crippen molar-refractivity contribution in [2.75, 3.05) is 13.7 Å². The van der Waals surface area contributed by atoms with Gasteiger partial charge < -0.3 is 4.74 Å². The lowest BCUT2D eigenvalue weighted by Crippen LogP contribution is -2.31. The van der Waals surface area contributed by atoms with Crippen molar-refractivity contribution in [2.45, 2.75) is 0 Å². The fourth-order valence-corrected chi connectivity index (χ4v) is 1.05. The number of nitroso groups, excluding NO2 is 1. The van der Waals surface area contributed by atoms with Crippen molar-refractivity contribution in [1.29, 1.82) is 0 Å². The average Bonchev–Trinajstić information content (AvgIpc) is 2.35. The van der Waals surface area contributed by atoms with E-state index in [4.69, 9.17) is 0 Å². The van der Waals surface area contributed by atoms with Crippen molar-refractivity contribution in [3.8, 4) is 0 Å². The summed E-state index contributed by atoms with van der Waals surface area (Å²) in [5.74, 6) is -1.34. The maximum Gasteiger partial charge on any atom is 0.327 e. The summed E-state index contributed by atoms with van der Waals surface area (Å²) in [6.07, 6.45) is 0. The number of nitrogens with zero attached hydrogens (tertiary/aromatic N) is 2. The van der Waals surface area contributed by atoms with Crippen molar-refractivity contribution in [3.05, 3.63) is 40.8 Å². The third kappa shape index (κ3) is 2.88. The van der Waals surface area contributed by atoms with E-state index < -0.39 is 18.4 Å². The van der Waals surface area contributed by atoms with Crippen LogP contribution in [0.2, 0.25) is 0 Å². The fraction of sp³-hybridized carbons (Fsp3) is 0.200. The summed E-state index contributed by atoms with van der Waals surface area (Å²) < 4.78 is 4.34. The Morgan fingerprint density at radius 2 is 1.94 bits per heavy atom. The standard InChI is InChI=1S/C10H10N2O4/c1-16-9(13)7-12(11-15)10(14)8-5-3-2-4-6-8/h2-6H,7H2,1H3. The van der Waals surface area contributed by atoms with Gasteiger partial charge in [0.2, 0.25) is 0 Å². The van der Waals surface area contributed by atoms with Crippen molar-refractivity contribution >= 4 is 11.9 Å². The molecule has 0 atom stereocenters. The van der Waals surface area contributed by atoms with Gasteiger partial charge in [-0.1, -0.05) is 18.2 Å². The number of benzene rings is 1. The molecule has 0 aliphatic carbocycles. The normalized spacial score (nSPS) is 9.31. The van der Waals surface area contributed by atoms with Gasteiger partial charge in [-0.15, -0.1) is 4.91 Å². The minimum atomic E-state index is -0.705. The summed E-state index contributed by atoms with van der Waals surface area (Å²) in [6, 6.07) is 8.08. The number of ether oxygens (including phenoxy) is 1. The zero-order valence-electron chi connectivity index (χ0n) is 8.62. The molecule has 0 saturated heterocycles. The molecule has 1 aromatic carbocycles. The first-order chi connectivity index (χ1) is 7.69. The summed E-state index contributed by atoms with van der Waals surface area (Å²) in [7, 11) is 1.16. The second kappa shape index (κ2) is 5.59. The van der Waals surface area contributed by atoms with Crippen molar-refractivity contribution in [2.24, 2.45) is 5.29 Å². The predicted molar refractivity (Wildman–Crippen MR) is 55.3 cm³/mol. The van der Waals surface area contributed by atoms with Crippen LogP contribution in [0.1, 0.15) is 10.4 Å². The number of carbonyl (C=O) groups excluding carboxylic acids is 2. The molecule has 0 aromatic heterocycles. The highest BCUT2D eigenvalue weighted by atomic mass is 16.5. The van der Waals surface area contributed by atoms with Crippen LogP contribution in [0, 0.1) is 4.91 Å². The molecule has 16 heavy (non-hydrogen) atoms. The van der Waals surface area contributed by atoms with E-state index in [1.807, 2.05) is 0 Å². The first-order valence-corrected chi connectivity index (χ1v) is 4.46. The summed E-state index contributed by atoms with van der Waals surface area (Å²) in [6.45, 7) is -0.492. The number of rotatable bonds is 4. The molecule has 0 N–H and O–H groups in total. The van der Waals surface area contributed by atoms with E-state index in [1.54, 1.807) is 18.2 Å². The third-order valence-electron chi connectivity index (χ3n) is 1.86. The monoisotopic (exact) mass is 222 g/mol. The van der Waals surface area contributed by atoms with Crippen LogP contribution < -0.4 is 0 Å². The van der Waals surface area contributed by atoms with Gasteiger partial charge in [-0.05, 0) is 12.1 Å². The quantitative estimate of drug-likeness (QED) is 0.432. The molecule has 0 spiro atoms. The zero-order chi connectivity index (χ0) is 12.0. The van der Waals surface area contributed by atoms with Gasteiger partial charge in [0.15, 0.2) is 0 Å². The van der Waals surface area contributed by atoms with Crippen LogP contribution in [0.5, 0.6) is 0 Å². The number of carbonyl (C=O) groups is 2. The number of hydrogen-bond acceptors (Lipinski definition) is 5. The first kappa shape index (κ1) is 11.8. The minimum absolute atomic E-state index is 0.283. The Labute approximate surface area is 91.8 Å². The van der Waals surface area contributed by atoms with Crippen LogP contribution in [0.15, 0.2) is 35.6 Å². The van der Waals surface area contributed by atoms with Crippen molar-refractivity contribution < 1.29 is 14.3 Å². The molecule has 0 bridgehead atoms. The van der Waals surface area contributed by atoms with Crippen LogP contribution in [0.4, 0.5) is 0 Å². The molecule has 1 rings (SSSR count). The molecule has 1 amide bonds. The maximum absolute atomic E-state index is 11.7. The Morgan fingerprint density at radius 3 is 2.44 bits per heavy atom. The van der Waals surface area contributed by atoms with Gasteiger partial charge >= 0.3 is 5.97 Å². The second-order valence-corrected chi connectivity index (χ2v) is 2.89. The molecule has 6 nitrogen and oxygen atoms in total. The summed E-state index contributed by atoms with van der Waals surface area (Å²) >= 11 is 0. The molecule has 0 saturated carbocycles. The summed E-state index contributed by atoms with van der Waals surface area (Å²) in [5, 5.41) is 3.00. The molecule has 0 aliphatic rings. The molecule has 1 aromatic rings. The lowest BCUT2D eigenvalue weighted by atomic mass is 10.2. The minimum Gasteiger partial charge on any atom is -0.468 e. The molecule has 84 valence electrons. The predicted octanol–water partition coefficient (Wildman–Crippen LogP) is 0.983. The van der Waals surface area contributed by atoms with Gasteiger partial charge in [-0.25, -0.2) is 0 Å². The molecule has 0 radical (unpaired) electrons. The largest absolute Gasteiger partial charge is 0.468 e. The Kier molecular flexibility index (Phi) is 4.14. The highest BCUT2D eigenvalue weighted by Crippen LogP contribution is 2.04. The van der Waals surface area contributed by atoms with Gasteiger partial charge in [0.25, 0.3) is 5.91 Å². The zero-order valence-corrected chi connectivity index (χ0v) is 8.62. The van der Waals surface area contributed by atoms with Crippen LogP contribution in [-0.2, 0) is 9.53 Å². The van der Waals surface area contributed by atoms with Crippen LogP contribution in [0.3, 0.4) is 0 Å². The average molecular weight is 222 g/mol. The summed E-state index contributed by atoms with van der Waals surface area (Å²) in [4.78, 5) is 33.0. The fourth-order valence-electron chi connectivity index (χ4n) is 1.05. The molecular formula is C10H10N2O4. The van der Waals surface area contributed by atoms with Crippen LogP contribution in [0.25, 0.3) is 0 Å². The van der Waals surface area contributed by atoms with Gasteiger partial charge in [-0.2, -0.15) is 5.01 Å².